The van der Waals surface area contributed by atoms with Crippen LogP contribution in [0, 0.1) is 16.7 Å². The number of hydrogen-bond acceptors (Lipinski definition) is 4. The molecule has 0 aliphatic carbocycles. The Bertz CT molecular complexity index is 423. The van der Waals surface area contributed by atoms with Crippen molar-refractivity contribution >= 4 is 16.0 Å². The summed E-state index contributed by atoms with van der Waals surface area (Å²) in [6, 6.07) is 1.94. The van der Waals surface area contributed by atoms with E-state index in [9.17, 15) is 13.2 Å². The average molecular weight is 276 g/mol. The van der Waals surface area contributed by atoms with E-state index in [1.165, 1.54) is 0 Å². The fourth-order valence-corrected chi connectivity index (χ4v) is 3.61. The van der Waals surface area contributed by atoms with Gasteiger partial charge in [-0.15, -0.1) is 0 Å². The highest BCUT2D eigenvalue weighted by molar-refractivity contribution is 7.89. The minimum absolute atomic E-state index is 0.110. The third-order valence-corrected chi connectivity index (χ3v) is 4.55. The van der Waals surface area contributed by atoms with Gasteiger partial charge in [0.15, 0.2) is 0 Å². The van der Waals surface area contributed by atoms with Gasteiger partial charge in [0, 0.05) is 13.0 Å². The van der Waals surface area contributed by atoms with E-state index in [1.54, 1.807) is 20.8 Å². The molecule has 0 bridgehead atoms. The maximum Gasteiger partial charge on any atom is 0.318 e. The van der Waals surface area contributed by atoms with E-state index in [0.717, 1.165) is 4.31 Å². The van der Waals surface area contributed by atoms with Crippen LogP contribution >= 0.6 is 0 Å². The molecule has 6 nitrogen and oxygen atoms in total. The quantitative estimate of drug-likeness (QED) is 0.714. The SMILES string of the molecule is CCCN(CC(=O)O)S(=O)(=O)CC(C)(C)CC#N. The maximum atomic E-state index is 12.1. The van der Waals surface area contributed by atoms with E-state index in [-0.39, 0.29) is 18.7 Å². The fourth-order valence-electron chi connectivity index (χ4n) is 1.57. The van der Waals surface area contributed by atoms with Crippen LogP contribution in [0.3, 0.4) is 0 Å². The van der Waals surface area contributed by atoms with Gasteiger partial charge in [-0.2, -0.15) is 9.57 Å². The Morgan fingerprint density at radius 2 is 2.00 bits per heavy atom. The molecule has 1 N–H and O–H groups in total. The predicted octanol–water partition coefficient (Wildman–Crippen LogP) is 1.05. The fraction of sp³-hybridized carbons (Fsp3) is 0.818. The average Bonchev–Trinajstić information content (AvgIpc) is 2.14. The van der Waals surface area contributed by atoms with Crippen LogP contribution < -0.4 is 0 Å². The normalized spacial score (nSPS) is 12.4. The summed E-state index contributed by atoms with van der Waals surface area (Å²) < 4.78 is 25.2. The van der Waals surface area contributed by atoms with Crippen LogP contribution in [0.5, 0.6) is 0 Å². The monoisotopic (exact) mass is 276 g/mol. The number of carbonyl (C=O) groups is 1. The zero-order valence-corrected chi connectivity index (χ0v) is 11.8. The topological polar surface area (TPSA) is 98.5 Å². The molecular weight excluding hydrogens is 256 g/mol. The zero-order chi connectivity index (χ0) is 14.4. The molecule has 0 atom stereocenters. The maximum absolute atomic E-state index is 12.1. The Balaban J connectivity index is 4.96. The summed E-state index contributed by atoms with van der Waals surface area (Å²) in [5.74, 6) is -1.40. The summed E-state index contributed by atoms with van der Waals surface area (Å²) in [6.07, 6.45) is 0.657. The van der Waals surface area contributed by atoms with E-state index in [1.807, 2.05) is 6.07 Å². The lowest BCUT2D eigenvalue weighted by atomic mass is 9.93. The molecule has 0 aromatic rings. The van der Waals surface area contributed by atoms with Gasteiger partial charge in [-0.1, -0.05) is 20.8 Å². The Morgan fingerprint density at radius 1 is 1.44 bits per heavy atom. The molecule has 18 heavy (non-hydrogen) atoms. The molecule has 0 heterocycles. The Hall–Kier alpha value is -1.13. The molecule has 0 saturated carbocycles. The van der Waals surface area contributed by atoms with Crippen molar-refractivity contribution in [2.75, 3.05) is 18.8 Å². The molecule has 0 saturated heterocycles. The lowest BCUT2D eigenvalue weighted by Crippen LogP contribution is -2.41. The lowest BCUT2D eigenvalue weighted by molar-refractivity contribution is -0.137. The molecule has 104 valence electrons. The van der Waals surface area contributed by atoms with Crippen molar-refractivity contribution in [2.45, 2.75) is 33.6 Å². The van der Waals surface area contributed by atoms with Gasteiger partial charge in [0.25, 0.3) is 0 Å². The first-order chi connectivity index (χ1) is 8.14. The zero-order valence-electron chi connectivity index (χ0n) is 11.0. The molecular formula is C11H20N2O4S. The molecule has 0 spiro atoms. The van der Waals surface area contributed by atoms with Crippen LogP contribution in [0.15, 0.2) is 0 Å². The number of carboxylic acid groups (broad SMARTS) is 1. The van der Waals surface area contributed by atoms with Gasteiger partial charge in [-0.25, -0.2) is 8.42 Å². The summed E-state index contributed by atoms with van der Waals surface area (Å²) in [7, 11) is -3.66. The third-order valence-electron chi connectivity index (χ3n) is 2.31. The molecule has 7 heteroatoms. The second-order valence-electron chi connectivity index (χ2n) is 4.98. The van der Waals surface area contributed by atoms with Gasteiger partial charge in [0.1, 0.15) is 6.54 Å². The van der Waals surface area contributed by atoms with Crippen molar-refractivity contribution in [2.24, 2.45) is 5.41 Å². The van der Waals surface area contributed by atoms with E-state index in [4.69, 9.17) is 10.4 Å². The Morgan fingerprint density at radius 3 is 2.39 bits per heavy atom. The van der Waals surface area contributed by atoms with Crippen molar-refractivity contribution in [3.05, 3.63) is 0 Å². The lowest BCUT2D eigenvalue weighted by Gasteiger charge is -2.26. The summed E-state index contributed by atoms with van der Waals surface area (Å²) in [6.45, 7) is 4.79. The number of sulfonamides is 1. The van der Waals surface area contributed by atoms with Gasteiger partial charge in [0.05, 0.1) is 11.8 Å². The highest BCUT2D eigenvalue weighted by Gasteiger charge is 2.31. The van der Waals surface area contributed by atoms with E-state index >= 15 is 0 Å². The predicted molar refractivity (Wildman–Crippen MR) is 67.3 cm³/mol. The summed E-state index contributed by atoms with van der Waals surface area (Å²) in [5.41, 5.74) is -0.682. The number of rotatable bonds is 8. The second kappa shape index (κ2) is 6.71. The van der Waals surface area contributed by atoms with Crippen molar-refractivity contribution in [3.8, 4) is 6.07 Å². The van der Waals surface area contributed by atoms with Crippen LogP contribution in [0.4, 0.5) is 0 Å². The van der Waals surface area contributed by atoms with Crippen LogP contribution in [0.2, 0.25) is 0 Å². The summed E-state index contributed by atoms with van der Waals surface area (Å²) in [4.78, 5) is 10.7. The van der Waals surface area contributed by atoms with E-state index < -0.39 is 28.0 Å². The highest BCUT2D eigenvalue weighted by Crippen LogP contribution is 2.23. The van der Waals surface area contributed by atoms with Crippen molar-refractivity contribution in [1.82, 2.24) is 4.31 Å². The first kappa shape index (κ1) is 16.9. The van der Waals surface area contributed by atoms with Gasteiger partial charge < -0.3 is 5.11 Å². The van der Waals surface area contributed by atoms with E-state index in [0.29, 0.717) is 6.42 Å². The number of carboxylic acids is 1. The molecule has 0 fully saturated rings. The van der Waals surface area contributed by atoms with Crippen LogP contribution in [-0.2, 0) is 14.8 Å². The molecule has 0 amide bonds. The van der Waals surface area contributed by atoms with Gasteiger partial charge in [-0.3, -0.25) is 4.79 Å². The Kier molecular flexibility index (Phi) is 6.29. The van der Waals surface area contributed by atoms with Crippen molar-refractivity contribution in [1.29, 1.82) is 5.26 Å². The smallest absolute Gasteiger partial charge is 0.318 e. The minimum atomic E-state index is -3.66. The minimum Gasteiger partial charge on any atom is -0.480 e. The number of hydrogen-bond donors (Lipinski definition) is 1. The summed E-state index contributed by atoms with van der Waals surface area (Å²) in [5, 5.41) is 17.4. The molecule has 0 unspecified atom stereocenters. The van der Waals surface area contributed by atoms with E-state index in [2.05, 4.69) is 0 Å². The van der Waals surface area contributed by atoms with Crippen molar-refractivity contribution < 1.29 is 18.3 Å². The molecule has 0 aromatic carbocycles. The first-order valence-corrected chi connectivity index (χ1v) is 7.32. The Labute approximate surface area is 108 Å². The standard InChI is InChI=1S/C11H20N2O4S/c1-4-7-13(8-10(14)15)18(16,17)9-11(2,3)5-6-12/h4-5,7-9H2,1-3H3,(H,14,15). The third kappa shape index (κ3) is 5.98. The molecule has 0 radical (unpaired) electrons. The van der Waals surface area contributed by atoms with Gasteiger partial charge in [-0.05, 0) is 11.8 Å². The summed E-state index contributed by atoms with van der Waals surface area (Å²) >= 11 is 0. The van der Waals surface area contributed by atoms with Crippen molar-refractivity contribution in [3.63, 3.8) is 0 Å². The largest absolute Gasteiger partial charge is 0.480 e. The number of aliphatic carboxylic acids is 1. The van der Waals surface area contributed by atoms with Crippen LogP contribution in [0.25, 0.3) is 0 Å². The molecule has 0 aromatic heterocycles. The molecule has 0 aliphatic heterocycles. The number of nitriles is 1. The molecule has 0 aliphatic rings. The van der Waals surface area contributed by atoms with Crippen LogP contribution in [-0.4, -0.2) is 42.6 Å². The van der Waals surface area contributed by atoms with Gasteiger partial charge >= 0.3 is 5.97 Å². The second-order valence-corrected chi connectivity index (χ2v) is 6.95. The van der Waals surface area contributed by atoms with Crippen LogP contribution in [0.1, 0.15) is 33.6 Å². The highest BCUT2D eigenvalue weighted by atomic mass is 32.2. The number of nitrogens with zero attached hydrogens (tertiary/aromatic N) is 2. The first-order valence-electron chi connectivity index (χ1n) is 5.71. The van der Waals surface area contributed by atoms with Gasteiger partial charge in [0.2, 0.25) is 10.0 Å². The molecule has 0 rings (SSSR count).